The monoisotopic (exact) mass is 334 g/mol. The minimum Gasteiger partial charge on any atom is -0.473 e. The second kappa shape index (κ2) is 6.96. The molecule has 0 unspecified atom stereocenters. The Kier molecular flexibility index (Phi) is 5.01. The number of rotatable bonds is 4. The van der Waals surface area contributed by atoms with Crippen LogP contribution >= 0.6 is 15.9 Å². The number of hydrogen-bond donors (Lipinski definition) is 2. The first-order valence-electron chi connectivity index (χ1n) is 6.14. The van der Waals surface area contributed by atoms with Crippen molar-refractivity contribution in [3.63, 3.8) is 0 Å². The first-order valence-corrected chi connectivity index (χ1v) is 6.93. The molecule has 2 rings (SSSR count). The second-order valence-electron chi connectivity index (χ2n) is 4.22. The summed E-state index contributed by atoms with van der Waals surface area (Å²) < 4.78 is 6.22. The molecule has 0 aliphatic carbocycles. The summed E-state index contributed by atoms with van der Waals surface area (Å²) in [6.45, 7) is 2.10. The van der Waals surface area contributed by atoms with Crippen LogP contribution in [0.4, 0.5) is 10.5 Å². The topological polar surface area (TPSA) is 50.4 Å². The van der Waals surface area contributed by atoms with E-state index in [1.54, 1.807) is 0 Å². The van der Waals surface area contributed by atoms with Gasteiger partial charge in [0, 0.05) is 4.47 Å². The van der Waals surface area contributed by atoms with Crippen molar-refractivity contribution in [1.82, 2.24) is 5.32 Å². The van der Waals surface area contributed by atoms with Gasteiger partial charge in [-0.1, -0.05) is 24.3 Å². The number of halogens is 1. The summed E-state index contributed by atoms with van der Waals surface area (Å²) in [5.74, 6) is 0.712. The van der Waals surface area contributed by atoms with Crippen molar-refractivity contribution in [2.24, 2.45) is 0 Å². The zero-order chi connectivity index (χ0) is 14.4. The molecular weight excluding hydrogens is 320 g/mol. The number of carbonyl (C=O) groups is 1. The molecule has 5 heteroatoms. The molecule has 0 saturated heterocycles. The van der Waals surface area contributed by atoms with E-state index in [1.807, 2.05) is 55.5 Å². The van der Waals surface area contributed by atoms with Gasteiger partial charge in [-0.15, -0.1) is 0 Å². The van der Waals surface area contributed by atoms with Gasteiger partial charge in [0.1, 0.15) is 5.75 Å². The maximum absolute atomic E-state index is 11.7. The van der Waals surface area contributed by atoms with Gasteiger partial charge >= 0.3 is 6.03 Å². The molecule has 0 atom stereocenters. The van der Waals surface area contributed by atoms with Crippen LogP contribution in [0.25, 0.3) is 0 Å². The Bertz CT molecular complexity index is 588. The van der Waals surface area contributed by atoms with Gasteiger partial charge in [-0.05, 0) is 52.7 Å². The molecular formula is C15H15BrN2O2. The molecule has 2 aromatic rings. The zero-order valence-corrected chi connectivity index (χ0v) is 12.6. The van der Waals surface area contributed by atoms with Crippen LogP contribution in [-0.4, -0.2) is 12.8 Å². The van der Waals surface area contributed by atoms with Crippen molar-refractivity contribution in [3.05, 3.63) is 58.6 Å². The third kappa shape index (κ3) is 4.28. The molecule has 0 aliphatic rings. The smallest absolute Gasteiger partial charge is 0.321 e. The third-order valence-corrected chi connectivity index (χ3v) is 3.24. The van der Waals surface area contributed by atoms with E-state index < -0.39 is 0 Å². The van der Waals surface area contributed by atoms with Crippen molar-refractivity contribution in [1.29, 1.82) is 0 Å². The van der Waals surface area contributed by atoms with Crippen LogP contribution in [0.15, 0.2) is 53.0 Å². The Morgan fingerprint density at radius 3 is 2.65 bits per heavy atom. The predicted molar refractivity (Wildman–Crippen MR) is 83.0 cm³/mol. The van der Waals surface area contributed by atoms with Crippen LogP contribution in [0.5, 0.6) is 5.75 Å². The maximum Gasteiger partial charge on any atom is 0.321 e. The fraction of sp³-hybridized carbons (Fsp3) is 0.133. The lowest BCUT2D eigenvalue weighted by molar-refractivity contribution is 0.234. The molecule has 0 aliphatic heterocycles. The molecule has 2 amide bonds. The SMILES string of the molecule is Cc1ccc(NC(=O)NCOc2ccccc2)c(Br)c1. The highest BCUT2D eigenvalue weighted by Crippen LogP contribution is 2.23. The van der Waals surface area contributed by atoms with Crippen LogP contribution in [-0.2, 0) is 0 Å². The highest BCUT2D eigenvalue weighted by Gasteiger charge is 2.04. The van der Waals surface area contributed by atoms with Crippen molar-refractivity contribution in [3.8, 4) is 5.75 Å². The Morgan fingerprint density at radius 2 is 1.95 bits per heavy atom. The first-order chi connectivity index (χ1) is 9.65. The second-order valence-corrected chi connectivity index (χ2v) is 5.07. The van der Waals surface area contributed by atoms with Crippen LogP contribution < -0.4 is 15.4 Å². The highest BCUT2D eigenvalue weighted by molar-refractivity contribution is 9.10. The zero-order valence-electron chi connectivity index (χ0n) is 11.0. The molecule has 0 radical (unpaired) electrons. The van der Waals surface area contributed by atoms with Gasteiger partial charge in [-0.2, -0.15) is 0 Å². The number of carbonyl (C=O) groups excluding carboxylic acids is 1. The van der Waals surface area contributed by atoms with Crippen molar-refractivity contribution < 1.29 is 9.53 Å². The Balaban J connectivity index is 1.81. The highest BCUT2D eigenvalue weighted by atomic mass is 79.9. The molecule has 0 fully saturated rings. The van der Waals surface area contributed by atoms with Gasteiger partial charge in [-0.3, -0.25) is 0 Å². The van der Waals surface area contributed by atoms with E-state index in [0.717, 1.165) is 10.0 Å². The summed E-state index contributed by atoms with van der Waals surface area (Å²) in [6.07, 6.45) is 0. The molecule has 0 aromatic heterocycles. The van der Waals surface area contributed by atoms with Gasteiger partial charge < -0.3 is 15.4 Å². The van der Waals surface area contributed by atoms with Gasteiger partial charge in [-0.25, -0.2) is 4.79 Å². The minimum absolute atomic E-state index is 0.110. The lowest BCUT2D eigenvalue weighted by atomic mass is 10.2. The van der Waals surface area contributed by atoms with E-state index in [0.29, 0.717) is 11.4 Å². The number of amides is 2. The van der Waals surface area contributed by atoms with Crippen molar-refractivity contribution in [2.75, 3.05) is 12.0 Å². The van der Waals surface area contributed by atoms with Gasteiger partial charge in [0.25, 0.3) is 0 Å². The number of nitrogens with one attached hydrogen (secondary N) is 2. The average Bonchev–Trinajstić information content (AvgIpc) is 2.43. The number of anilines is 1. The van der Waals surface area contributed by atoms with E-state index in [-0.39, 0.29) is 12.8 Å². The van der Waals surface area contributed by atoms with E-state index >= 15 is 0 Å². The van der Waals surface area contributed by atoms with Gasteiger partial charge in [0.2, 0.25) is 0 Å². The molecule has 20 heavy (non-hydrogen) atoms. The van der Waals surface area contributed by atoms with E-state index in [9.17, 15) is 4.79 Å². The normalized spacial score (nSPS) is 9.90. The summed E-state index contributed by atoms with van der Waals surface area (Å²) >= 11 is 3.41. The summed E-state index contributed by atoms with van der Waals surface area (Å²) in [5.41, 5.74) is 1.84. The lowest BCUT2D eigenvalue weighted by Gasteiger charge is -2.10. The van der Waals surface area contributed by atoms with E-state index in [2.05, 4.69) is 26.6 Å². The van der Waals surface area contributed by atoms with Crippen LogP contribution in [0.2, 0.25) is 0 Å². The van der Waals surface area contributed by atoms with Crippen molar-refractivity contribution >= 4 is 27.6 Å². The van der Waals surface area contributed by atoms with Gasteiger partial charge in [0.05, 0.1) is 5.69 Å². The molecule has 0 heterocycles. The number of para-hydroxylation sites is 1. The number of hydrogen-bond acceptors (Lipinski definition) is 2. The fourth-order valence-electron chi connectivity index (χ4n) is 1.59. The molecule has 4 nitrogen and oxygen atoms in total. The first kappa shape index (κ1) is 14.4. The number of urea groups is 1. The standard InChI is InChI=1S/C15H15BrN2O2/c1-11-7-8-14(13(16)9-11)18-15(19)17-10-20-12-5-3-2-4-6-12/h2-9H,10H2,1H3,(H2,17,18,19). The molecule has 104 valence electrons. The molecule has 2 aromatic carbocycles. The quantitative estimate of drug-likeness (QED) is 0.832. The molecule has 2 N–H and O–H groups in total. The molecule has 0 spiro atoms. The fourth-order valence-corrected chi connectivity index (χ4v) is 2.18. The van der Waals surface area contributed by atoms with Crippen LogP contribution in [0.3, 0.4) is 0 Å². The lowest BCUT2D eigenvalue weighted by Crippen LogP contribution is -2.32. The van der Waals surface area contributed by atoms with E-state index in [4.69, 9.17) is 4.74 Å². The predicted octanol–water partition coefficient (Wildman–Crippen LogP) is 3.92. The number of aryl methyl sites for hydroxylation is 1. The molecule has 0 saturated carbocycles. The Morgan fingerprint density at radius 1 is 1.20 bits per heavy atom. The Hall–Kier alpha value is -2.01. The summed E-state index contributed by atoms with van der Waals surface area (Å²) in [4.78, 5) is 11.7. The maximum atomic E-state index is 11.7. The average molecular weight is 335 g/mol. The third-order valence-electron chi connectivity index (χ3n) is 2.59. The Labute approximate surface area is 126 Å². The van der Waals surface area contributed by atoms with Crippen LogP contribution in [0, 0.1) is 6.92 Å². The molecule has 0 bridgehead atoms. The summed E-state index contributed by atoms with van der Waals surface area (Å²) in [7, 11) is 0. The summed E-state index contributed by atoms with van der Waals surface area (Å²) in [6, 6.07) is 14.7. The van der Waals surface area contributed by atoms with E-state index in [1.165, 1.54) is 0 Å². The van der Waals surface area contributed by atoms with Crippen molar-refractivity contribution in [2.45, 2.75) is 6.92 Å². The largest absolute Gasteiger partial charge is 0.473 e. The minimum atomic E-state index is -0.314. The number of ether oxygens (including phenoxy) is 1. The van der Waals surface area contributed by atoms with Gasteiger partial charge in [0.15, 0.2) is 6.73 Å². The number of benzene rings is 2. The van der Waals surface area contributed by atoms with Crippen LogP contribution in [0.1, 0.15) is 5.56 Å². The summed E-state index contributed by atoms with van der Waals surface area (Å²) in [5, 5.41) is 5.38.